The van der Waals surface area contributed by atoms with Crippen molar-refractivity contribution < 1.29 is 34.0 Å². The normalized spacial score (nSPS) is 39.0. The number of methoxy groups -OCH3 is 1. The summed E-state index contributed by atoms with van der Waals surface area (Å²) < 4.78 is 17.4. The topological polar surface area (TPSA) is 102 Å². The summed E-state index contributed by atoms with van der Waals surface area (Å²) in [6.45, 7) is 8.12. The number of carbonyl (C=O) groups excluding carboxylic acids is 2. The van der Waals surface area contributed by atoms with E-state index in [2.05, 4.69) is 20.8 Å². The lowest BCUT2D eigenvalue weighted by atomic mass is 9.41. The highest BCUT2D eigenvalue weighted by atomic mass is 16.5. The Morgan fingerprint density at radius 1 is 1.16 bits per heavy atom. The first-order valence-corrected chi connectivity index (χ1v) is 11.4. The smallest absolute Gasteiger partial charge is 0.342 e. The quantitative estimate of drug-likeness (QED) is 0.533. The third-order valence-corrected chi connectivity index (χ3v) is 9.42. The summed E-state index contributed by atoms with van der Waals surface area (Å²) in [5, 5.41) is 23.5. The highest BCUT2D eigenvalue weighted by Crippen LogP contribution is 2.67. The van der Waals surface area contributed by atoms with E-state index in [1.54, 1.807) is 0 Å². The van der Waals surface area contributed by atoms with Gasteiger partial charge in [0, 0.05) is 28.9 Å². The molecule has 0 aromatic heterocycles. The average Bonchev–Trinajstić information content (AvgIpc) is 3.10. The Balaban J connectivity index is 1.75. The van der Waals surface area contributed by atoms with E-state index in [0.717, 1.165) is 19.3 Å². The van der Waals surface area contributed by atoms with Crippen LogP contribution in [0.25, 0.3) is 0 Å². The van der Waals surface area contributed by atoms with Crippen molar-refractivity contribution in [3.63, 3.8) is 0 Å². The van der Waals surface area contributed by atoms with Crippen molar-refractivity contribution in [3.05, 3.63) is 22.3 Å². The van der Waals surface area contributed by atoms with Gasteiger partial charge in [0.25, 0.3) is 0 Å². The van der Waals surface area contributed by atoms with E-state index in [1.807, 2.05) is 6.92 Å². The molecule has 2 aliphatic carbocycles. The van der Waals surface area contributed by atoms with E-state index in [0.29, 0.717) is 35.3 Å². The maximum atomic E-state index is 12.5. The number of aliphatic hydroxyl groups is 2. The van der Waals surface area contributed by atoms with Gasteiger partial charge in [-0.15, -0.1) is 0 Å². The molecule has 32 heavy (non-hydrogen) atoms. The number of rotatable bonds is 2. The van der Waals surface area contributed by atoms with Gasteiger partial charge in [-0.3, -0.25) is 4.79 Å². The van der Waals surface area contributed by atoms with E-state index in [4.69, 9.17) is 14.2 Å². The van der Waals surface area contributed by atoms with Gasteiger partial charge in [0.2, 0.25) is 0 Å². The Morgan fingerprint density at radius 2 is 1.88 bits per heavy atom. The zero-order valence-electron chi connectivity index (χ0n) is 19.4. The Labute approximate surface area is 188 Å². The number of carbonyl (C=O) groups is 2. The molecule has 1 aromatic rings. The number of esters is 1. The standard InChI is InChI=1S/C25H32O7/c1-22(2)7-6-8-23(3)16-9-13-19(32-24(16,4)17(27)10-25(22,23)29)14(11-26)15-12-31-21(28)18(15)20(13)30-5/h11,16-17,27,29H,6-10,12H2,1-5H3/t16-,17-,23-,24+,25-/m1/s1. The molecule has 5 rings (SSSR count). The molecule has 7 nitrogen and oxygen atoms in total. The minimum atomic E-state index is -1.08. The molecule has 0 amide bonds. The van der Waals surface area contributed by atoms with Crippen LogP contribution in [0.1, 0.15) is 85.2 Å². The number of fused-ring (bicyclic) bond motifs is 5. The molecule has 2 fully saturated rings. The fourth-order valence-electron chi connectivity index (χ4n) is 7.45. The molecule has 7 heteroatoms. The van der Waals surface area contributed by atoms with E-state index < -0.39 is 28.7 Å². The Hall–Kier alpha value is -2.12. The van der Waals surface area contributed by atoms with E-state index in [1.165, 1.54) is 7.11 Å². The van der Waals surface area contributed by atoms with Crippen LogP contribution >= 0.6 is 0 Å². The van der Waals surface area contributed by atoms with Gasteiger partial charge in [0.1, 0.15) is 29.3 Å². The van der Waals surface area contributed by atoms with Gasteiger partial charge in [0.15, 0.2) is 6.29 Å². The van der Waals surface area contributed by atoms with Crippen LogP contribution in [0.4, 0.5) is 0 Å². The summed E-state index contributed by atoms with van der Waals surface area (Å²) in [5.41, 5.74) is -1.33. The summed E-state index contributed by atoms with van der Waals surface area (Å²) >= 11 is 0. The molecule has 1 aromatic carbocycles. The van der Waals surface area contributed by atoms with Crippen LogP contribution in [0.15, 0.2) is 0 Å². The van der Waals surface area contributed by atoms with E-state index >= 15 is 0 Å². The zero-order chi connectivity index (χ0) is 23.3. The number of aldehydes is 1. The number of hydrogen-bond donors (Lipinski definition) is 2. The molecule has 0 spiro atoms. The predicted octanol–water partition coefficient (Wildman–Crippen LogP) is 3.20. The van der Waals surface area contributed by atoms with Crippen LogP contribution in [-0.2, 0) is 17.8 Å². The summed E-state index contributed by atoms with van der Waals surface area (Å²) in [6.07, 6.45) is 3.04. The molecule has 0 unspecified atom stereocenters. The van der Waals surface area contributed by atoms with Crippen molar-refractivity contribution in [2.45, 2.75) is 83.7 Å². The number of cyclic esters (lactones) is 1. The van der Waals surface area contributed by atoms with Gasteiger partial charge in [-0.2, -0.15) is 0 Å². The molecule has 5 atom stereocenters. The van der Waals surface area contributed by atoms with Crippen molar-refractivity contribution in [3.8, 4) is 11.5 Å². The molecular formula is C25H32O7. The van der Waals surface area contributed by atoms with Gasteiger partial charge >= 0.3 is 5.97 Å². The second-order valence-electron chi connectivity index (χ2n) is 11.1. The average molecular weight is 445 g/mol. The molecule has 174 valence electrons. The van der Waals surface area contributed by atoms with Crippen molar-refractivity contribution in [1.29, 1.82) is 0 Å². The molecule has 2 aliphatic heterocycles. The maximum absolute atomic E-state index is 12.5. The first-order chi connectivity index (χ1) is 14.9. The molecule has 2 heterocycles. The summed E-state index contributed by atoms with van der Waals surface area (Å²) in [7, 11) is 1.49. The highest BCUT2D eigenvalue weighted by Gasteiger charge is 2.71. The molecule has 0 saturated heterocycles. The molecular weight excluding hydrogens is 412 g/mol. The first kappa shape index (κ1) is 21.7. The molecule has 4 aliphatic rings. The Kier molecular flexibility index (Phi) is 4.39. The van der Waals surface area contributed by atoms with Crippen LogP contribution in [0.5, 0.6) is 11.5 Å². The third-order valence-electron chi connectivity index (χ3n) is 9.42. The SMILES string of the molecule is COc1c2c(c(C=O)c3c1C(=O)OC3)O[C@]1(C)[C@H](O)C[C@@]3(O)C(C)(C)CCC[C@]3(C)[C@H]1C2. The van der Waals surface area contributed by atoms with Gasteiger partial charge in [-0.25, -0.2) is 4.79 Å². The van der Waals surface area contributed by atoms with Crippen molar-refractivity contribution >= 4 is 12.3 Å². The van der Waals surface area contributed by atoms with Gasteiger partial charge in [0.05, 0.1) is 24.4 Å². The number of hydrogen-bond acceptors (Lipinski definition) is 7. The number of aliphatic hydroxyl groups excluding tert-OH is 1. The lowest BCUT2D eigenvalue weighted by molar-refractivity contribution is -0.292. The summed E-state index contributed by atoms with van der Waals surface area (Å²) in [4.78, 5) is 24.6. The lowest BCUT2D eigenvalue weighted by Gasteiger charge is -2.68. The van der Waals surface area contributed by atoms with Crippen LogP contribution < -0.4 is 9.47 Å². The van der Waals surface area contributed by atoms with E-state index in [9.17, 15) is 19.8 Å². The van der Waals surface area contributed by atoms with Gasteiger partial charge in [-0.1, -0.05) is 27.2 Å². The molecule has 0 radical (unpaired) electrons. The summed E-state index contributed by atoms with van der Waals surface area (Å²) in [5.74, 6) is -0.0378. The largest absolute Gasteiger partial charge is 0.495 e. The van der Waals surface area contributed by atoms with Crippen LogP contribution in [0.3, 0.4) is 0 Å². The second kappa shape index (κ2) is 6.48. The predicted molar refractivity (Wildman–Crippen MR) is 115 cm³/mol. The van der Waals surface area contributed by atoms with Crippen LogP contribution in [-0.4, -0.2) is 46.9 Å². The number of benzene rings is 1. The third kappa shape index (κ3) is 2.34. The van der Waals surface area contributed by atoms with Gasteiger partial charge < -0.3 is 24.4 Å². The van der Waals surface area contributed by atoms with E-state index in [-0.39, 0.29) is 35.5 Å². The maximum Gasteiger partial charge on any atom is 0.342 e. The Bertz CT molecular complexity index is 1030. The lowest BCUT2D eigenvalue weighted by Crippen LogP contribution is -2.75. The zero-order valence-corrected chi connectivity index (χ0v) is 19.4. The van der Waals surface area contributed by atoms with Crippen LogP contribution in [0, 0.1) is 16.7 Å². The van der Waals surface area contributed by atoms with Gasteiger partial charge in [-0.05, 0) is 31.6 Å². The van der Waals surface area contributed by atoms with Crippen LogP contribution in [0.2, 0.25) is 0 Å². The highest BCUT2D eigenvalue weighted by molar-refractivity contribution is 6.01. The number of ether oxygens (including phenoxy) is 3. The molecule has 2 N–H and O–H groups in total. The molecule has 0 bridgehead atoms. The first-order valence-electron chi connectivity index (χ1n) is 11.4. The minimum absolute atomic E-state index is 0.0103. The van der Waals surface area contributed by atoms with Crippen molar-refractivity contribution in [1.82, 2.24) is 0 Å². The van der Waals surface area contributed by atoms with Crippen molar-refractivity contribution in [2.75, 3.05) is 7.11 Å². The fourth-order valence-corrected chi connectivity index (χ4v) is 7.45. The van der Waals surface area contributed by atoms with Crippen molar-refractivity contribution in [2.24, 2.45) is 16.7 Å². The Morgan fingerprint density at radius 3 is 2.53 bits per heavy atom. The fraction of sp³-hybridized carbons (Fsp3) is 0.680. The molecule has 2 saturated carbocycles. The second-order valence-corrected chi connectivity index (χ2v) is 11.1. The summed E-state index contributed by atoms with van der Waals surface area (Å²) in [6, 6.07) is 0. The monoisotopic (exact) mass is 444 g/mol. The minimum Gasteiger partial charge on any atom is -0.495 e.